The summed E-state index contributed by atoms with van der Waals surface area (Å²) in [6.45, 7) is 5.26. The summed E-state index contributed by atoms with van der Waals surface area (Å²) >= 11 is 0. The number of nitrogens with zero attached hydrogens (tertiary/aromatic N) is 1. The van der Waals surface area contributed by atoms with Gasteiger partial charge in [-0.1, -0.05) is 20.3 Å². The molecule has 90 valence electrons. The van der Waals surface area contributed by atoms with Crippen molar-refractivity contribution in [3.8, 4) is 0 Å². The largest absolute Gasteiger partial charge is 0.353 e. The standard InChI is InChI=1S/C12H20N2O2/c1-8(2)10-11(15)13-6-7-14(10)12(16)9-4-3-5-9/h8-10H,3-7H2,1-2H3,(H,13,15). The minimum Gasteiger partial charge on any atom is -0.353 e. The smallest absolute Gasteiger partial charge is 0.243 e. The second-order valence-corrected chi connectivity index (χ2v) is 5.14. The van der Waals surface area contributed by atoms with Gasteiger partial charge >= 0.3 is 0 Å². The van der Waals surface area contributed by atoms with Crippen molar-refractivity contribution >= 4 is 11.8 Å². The van der Waals surface area contributed by atoms with Crippen molar-refractivity contribution in [2.45, 2.75) is 39.2 Å². The molecule has 1 saturated heterocycles. The van der Waals surface area contributed by atoms with Crippen molar-refractivity contribution in [1.29, 1.82) is 0 Å². The van der Waals surface area contributed by atoms with E-state index < -0.39 is 0 Å². The Labute approximate surface area is 96.4 Å². The Bertz CT molecular complexity index is 297. The summed E-state index contributed by atoms with van der Waals surface area (Å²) in [5, 5.41) is 2.84. The minimum absolute atomic E-state index is 0.00826. The second kappa shape index (κ2) is 4.44. The monoisotopic (exact) mass is 224 g/mol. The van der Waals surface area contributed by atoms with Gasteiger partial charge in [-0.3, -0.25) is 9.59 Å². The number of rotatable bonds is 2. The van der Waals surface area contributed by atoms with Crippen molar-refractivity contribution in [3.63, 3.8) is 0 Å². The molecule has 2 rings (SSSR count). The van der Waals surface area contributed by atoms with Crippen LogP contribution in [0.5, 0.6) is 0 Å². The Hall–Kier alpha value is -1.06. The normalized spacial score (nSPS) is 26.6. The molecule has 2 fully saturated rings. The summed E-state index contributed by atoms with van der Waals surface area (Å²) in [6, 6.07) is -0.262. The molecule has 0 spiro atoms. The summed E-state index contributed by atoms with van der Waals surface area (Å²) in [7, 11) is 0. The topological polar surface area (TPSA) is 49.4 Å². The first-order valence-electron chi connectivity index (χ1n) is 6.19. The van der Waals surface area contributed by atoms with Crippen LogP contribution in [0, 0.1) is 11.8 Å². The number of nitrogens with one attached hydrogen (secondary N) is 1. The number of piperazine rings is 1. The molecule has 1 aliphatic heterocycles. The molecule has 0 radical (unpaired) electrons. The molecule has 1 saturated carbocycles. The molecule has 0 aromatic rings. The third-order valence-electron chi connectivity index (χ3n) is 3.63. The molecule has 2 amide bonds. The maximum atomic E-state index is 12.2. The van der Waals surface area contributed by atoms with Crippen molar-refractivity contribution in [2.24, 2.45) is 11.8 Å². The summed E-state index contributed by atoms with van der Waals surface area (Å²) in [6.07, 6.45) is 3.16. The zero-order chi connectivity index (χ0) is 11.7. The number of carbonyl (C=O) groups excluding carboxylic acids is 2. The van der Waals surface area contributed by atoms with Gasteiger partial charge in [0.25, 0.3) is 0 Å². The molecular formula is C12H20N2O2. The van der Waals surface area contributed by atoms with Gasteiger partial charge in [0.2, 0.25) is 11.8 Å². The van der Waals surface area contributed by atoms with E-state index in [2.05, 4.69) is 5.32 Å². The quantitative estimate of drug-likeness (QED) is 0.753. The van der Waals surface area contributed by atoms with Gasteiger partial charge in [-0.15, -0.1) is 0 Å². The predicted octanol–water partition coefficient (Wildman–Crippen LogP) is 0.769. The van der Waals surface area contributed by atoms with E-state index in [1.54, 1.807) is 4.90 Å². The number of amides is 2. The average molecular weight is 224 g/mol. The molecule has 2 aliphatic rings. The van der Waals surface area contributed by atoms with Crippen LogP contribution in [0.4, 0.5) is 0 Å². The maximum Gasteiger partial charge on any atom is 0.243 e. The molecule has 0 aromatic heterocycles. The molecule has 1 heterocycles. The highest BCUT2D eigenvalue weighted by atomic mass is 16.2. The SMILES string of the molecule is CC(C)C1C(=O)NCCN1C(=O)C1CCC1. The zero-order valence-corrected chi connectivity index (χ0v) is 10.0. The summed E-state index contributed by atoms with van der Waals surface area (Å²) < 4.78 is 0. The summed E-state index contributed by atoms with van der Waals surface area (Å²) in [4.78, 5) is 25.8. The Morgan fingerprint density at radius 2 is 2.12 bits per heavy atom. The maximum absolute atomic E-state index is 12.2. The van der Waals surface area contributed by atoms with E-state index in [9.17, 15) is 9.59 Å². The van der Waals surface area contributed by atoms with Crippen LogP contribution in [0.15, 0.2) is 0 Å². The molecule has 1 N–H and O–H groups in total. The number of hydrogen-bond donors (Lipinski definition) is 1. The fourth-order valence-corrected chi connectivity index (χ4v) is 2.48. The van der Waals surface area contributed by atoms with E-state index in [-0.39, 0.29) is 29.7 Å². The van der Waals surface area contributed by atoms with E-state index in [0.29, 0.717) is 13.1 Å². The van der Waals surface area contributed by atoms with Crippen LogP contribution in [0.25, 0.3) is 0 Å². The predicted molar refractivity (Wildman–Crippen MR) is 60.7 cm³/mol. The van der Waals surface area contributed by atoms with E-state index in [1.807, 2.05) is 13.8 Å². The van der Waals surface area contributed by atoms with Gasteiger partial charge in [-0.2, -0.15) is 0 Å². The van der Waals surface area contributed by atoms with Gasteiger partial charge in [0.05, 0.1) is 0 Å². The molecule has 1 atom stereocenters. The first kappa shape index (κ1) is 11.4. The lowest BCUT2D eigenvalue weighted by Crippen LogP contribution is -2.60. The van der Waals surface area contributed by atoms with Gasteiger partial charge in [-0.05, 0) is 18.8 Å². The van der Waals surface area contributed by atoms with Gasteiger partial charge in [0.15, 0.2) is 0 Å². The van der Waals surface area contributed by atoms with Gasteiger partial charge < -0.3 is 10.2 Å². The van der Waals surface area contributed by atoms with Crippen LogP contribution in [-0.4, -0.2) is 35.8 Å². The fraction of sp³-hybridized carbons (Fsp3) is 0.833. The van der Waals surface area contributed by atoms with Crippen LogP contribution in [0.3, 0.4) is 0 Å². The van der Waals surface area contributed by atoms with E-state index >= 15 is 0 Å². The van der Waals surface area contributed by atoms with E-state index in [1.165, 1.54) is 0 Å². The summed E-state index contributed by atoms with van der Waals surface area (Å²) in [5.74, 6) is 0.574. The minimum atomic E-state index is -0.262. The zero-order valence-electron chi connectivity index (χ0n) is 10.0. The molecule has 16 heavy (non-hydrogen) atoms. The Morgan fingerprint density at radius 3 is 2.62 bits per heavy atom. The number of hydrogen-bond acceptors (Lipinski definition) is 2. The fourth-order valence-electron chi connectivity index (χ4n) is 2.48. The molecule has 1 aliphatic carbocycles. The lowest BCUT2D eigenvalue weighted by atomic mass is 9.83. The molecule has 1 unspecified atom stereocenters. The highest BCUT2D eigenvalue weighted by Crippen LogP contribution is 2.30. The van der Waals surface area contributed by atoms with Gasteiger partial charge in [0.1, 0.15) is 6.04 Å². The van der Waals surface area contributed by atoms with E-state index in [0.717, 1.165) is 19.3 Å². The van der Waals surface area contributed by atoms with Crippen molar-refractivity contribution in [3.05, 3.63) is 0 Å². The van der Waals surface area contributed by atoms with Gasteiger partial charge in [-0.25, -0.2) is 0 Å². The summed E-state index contributed by atoms with van der Waals surface area (Å²) in [5.41, 5.74) is 0. The highest BCUT2D eigenvalue weighted by molar-refractivity contribution is 5.90. The number of carbonyl (C=O) groups is 2. The highest BCUT2D eigenvalue weighted by Gasteiger charge is 2.39. The Morgan fingerprint density at radius 1 is 1.44 bits per heavy atom. The lowest BCUT2D eigenvalue weighted by molar-refractivity contribution is -0.149. The van der Waals surface area contributed by atoms with Crippen LogP contribution in [0.1, 0.15) is 33.1 Å². The van der Waals surface area contributed by atoms with Gasteiger partial charge in [0, 0.05) is 19.0 Å². The van der Waals surface area contributed by atoms with E-state index in [4.69, 9.17) is 0 Å². The molecule has 4 heteroatoms. The third kappa shape index (κ3) is 1.93. The van der Waals surface area contributed by atoms with Crippen LogP contribution >= 0.6 is 0 Å². The average Bonchev–Trinajstić information content (AvgIpc) is 2.13. The first-order chi connectivity index (χ1) is 7.61. The first-order valence-corrected chi connectivity index (χ1v) is 6.19. The van der Waals surface area contributed by atoms with Crippen molar-refractivity contribution < 1.29 is 9.59 Å². The Balaban J connectivity index is 2.09. The van der Waals surface area contributed by atoms with Crippen LogP contribution in [0.2, 0.25) is 0 Å². The third-order valence-corrected chi connectivity index (χ3v) is 3.63. The molecule has 0 aromatic carbocycles. The van der Waals surface area contributed by atoms with Crippen molar-refractivity contribution in [2.75, 3.05) is 13.1 Å². The Kier molecular flexibility index (Phi) is 3.17. The van der Waals surface area contributed by atoms with Crippen LogP contribution < -0.4 is 5.32 Å². The molecular weight excluding hydrogens is 204 g/mol. The molecule has 0 bridgehead atoms. The molecule has 4 nitrogen and oxygen atoms in total. The second-order valence-electron chi connectivity index (χ2n) is 5.14. The van der Waals surface area contributed by atoms with Crippen LogP contribution in [-0.2, 0) is 9.59 Å². The lowest BCUT2D eigenvalue weighted by Gasteiger charge is -2.40. The van der Waals surface area contributed by atoms with Crippen molar-refractivity contribution in [1.82, 2.24) is 10.2 Å².